The molecular weight excluding hydrogens is 238 g/mol. The van der Waals surface area contributed by atoms with Gasteiger partial charge in [0, 0.05) is 12.0 Å². The second-order valence-corrected chi connectivity index (χ2v) is 4.62. The van der Waals surface area contributed by atoms with Crippen molar-refractivity contribution in [2.24, 2.45) is 0 Å². The fourth-order valence-corrected chi connectivity index (χ4v) is 2.27. The Morgan fingerprint density at radius 1 is 1.16 bits per heavy atom. The van der Waals surface area contributed by atoms with E-state index in [1.54, 1.807) is 6.20 Å². The number of aryl methyl sites for hydroxylation is 1. The maximum atomic E-state index is 5.90. The lowest BCUT2D eigenvalue weighted by molar-refractivity contribution is 0.784. The Hall–Kier alpha value is -2.43. The summed E-state index contributed by atoms with van der Waals surface area (Å²) in [5.74, 6) is 1.19. The minimum Gasteiger partial charge on any atom is -0.368 e. The summed E-state index contributed by atoms with van der Waals surface area (Å²) < 4.78 is 1.54. The Kier molecular flexibility index (Phi) is 2.67. The summed E-state index contributed by atoms with van der Waals surface area (Å²) in [4.78, 5) is 8.88. The molecule has 0 saturated heterocycles. The fraction of sp³-hybridized carbons (Fsp3) is 0.214. The molecule has 0 bridgehead atoms. The molecule has 0 aliphatic carbocycles. The van der Waals surface area contributed by atoms with Gasteiger partial charge in [0.05, 0.1) is 6.20 Å². The van der Waals surface area contributed by atoms with E-state index >= 15 is 0 Å². The number of nitrogen functional groups attached to an aromatic ring is 1. The van der Waals surface area contributed by atoms with Crippen molar-refractivity contribution in [3.63, 3.8) is 0 Å². The van der Waals surface area contributed by atoms with Crippen molar-refractivity contribution in [1.29, 1.82) is 0 Å². The molecule has 0 saturated carbocycles. The van der Waals surface area contributed by atoms with E-state index in [1.807, 2.05) is 18.2 Å². The van der Waals surface area contributed by atoms with E-state index in [9.17, 15) is 0 Å². The first-order chi connectivity index (χ1) is 9.16. The summed E-state index contributed by atoms with van der Waals surface area (Å²) in [6.45, 7) is 4.18. The highest BCUT2D eigenvalue weighted by molar-refractivity contribution is 5.43. The standard InChI is InChI=1S/C14H15N5/c1-9-5-3-4-6-11(9)10(2)13-17-12-7-8-16-19(12)14(15)18-13/h3-8,10H,1-2H3,(H2,15,17,18)/t10-/m0/s1. The quantitative estimate of drug-likeness (QED) is 0.760. The van der Waals surface area contributed by atoms with Crippen LogP contribution in [0.15, 0.2) is 36.5 Å². The van der Waals surface area contributed by atoms with Crippen molar-refractivity contribution in [1.82, 2.24) is 19.6 Å². The van der Waals surface area contributed by atoms with E-state index < -0.39 is 0 Å². The molecule has 0 aliphatic heterocycles. The van der Waals surface area contributed by atoms with Crippen molar-refractivity contribution in [2.45, 2.75) is 19.8 Å². The van der Waals surface area contributed by atoms with Gasteiger partial charge in [-0.2, -0.15) is 14.6 Å². The Morgan fingerprint density at radius 3 is 2.74 bits per heavy atom. The summed E-state index contributed by atoms with van der Waals surface area (Å²) in [5, 5.41) is 4.08. The van der Waals surface area contributed by atoms with Crippen molar-refractivity contribution in [2.75, 3.05) is 5.73 Å². The van der Waals surface area contributed by atoms with Gasteiger partial charge in [0.25, 0.3) is 0 Å². The molecule has 19 heavy (non-hydrogen) atoms. The average molecular weight is 253 g/mol. The van der Waals surface area contributed by atoms with Gasteiger partial charge >= 0.3 is 0 Å². The molecule has 0 amide bonds. The maximum Gasteiger partial charge on any atom is 0.224 e. The molecule has 5 nitrogen and oxygen atoms in total. The largest absolute Gasteiger partial charge is 0.368 e. The van der Waals surface area contributed by atoms with Crippen molar-refractivity contribution < 1.29 is 0 Å². The predicted molar refractivity (Wildman–Crippen MR) is 73.9 cm³/mol. The number of nitrogens with two attached hydrogens (primary N) is 1. The van der Waals surface area contributed by atoms with Gasteiger partial charge in [-0.15, -0.1) is 0 Å². The van der Waals surface area contributed by atoms with Crippen molar-refractivity contribution in [3.8, 4) is 0 Å². The van der Waals surface area contributed by atoms with Crippen LogP contribution in [-0.2, 0) is 0 Å². The van der Waals surface area contributed by atoms with Crippen LogP contribution in [0, 0.1) is 6.92 Å². The zero-order chi connectivity index (χ0) is 13.4. The van der Waals surface area contributed by atoms with Gasteiger partial charge < -0.3 is 5.73 Å². The van der Waals surface area contributed by atoms with Crippen LogP contribution >= 0.6 is 0 Å². The van der Waals surface area contributed by atoms with Gasteiger partial charge in [-0.1, -0.05) is 31.2 Å². The normalized spacial score (nSPS) is 12.7. The molecule has 3 aromatic rings. The molecule has 3 rings (SSSR count). The molecule has 0 unspecified atom stereocenters. The van der Waals surface area contributed by atoms with E-state index in [1.165, 1.54) is 15.6 Å². The van der Waals surface area contributed by atoms with Crippen LogP contribution in [0.1, 0.15) is 29.8 Å². The number of fused-ring (bicyclic) bond motifs is 1. The number of benzene rings is 1. The number of hydrogen-bond donors (Lipinski definition) is 1. The Bertz CT molecular complexity index is 732. The third kappa shape index (κ3) is 1.93. The van der Waals surface area contributed by atoms with Gasteiger partial charge in [-0.3, -0.25) is 0 Å². The van der Waals surface area contributed by atoms with E-state index in [4.69, 9.17) is 5.73 Å². The van der Waals surface area contributed by atoms with Gasteiger partial charge in [-0.05, 0) is 18.1 Å². The van der Waals surface area contributed by atoms with Crippen molar-refractivity contribution >= 4 is 11.6 Å². The minimum atomic E-state index is 0.100. The average Bonchev–Trinajstić information content (AvgIpc) is 2.87. The highest BCUT2D eigenvalue weighted by Gasteiger charge is 2.15. The summed E-state index contributed by atoms with van der Waals surface area (Å²) in [6.07, 6.45) is 1.67. The molecule has 2 aromatic heterocycles. The molecule has 2 N–H and O–H groups in total. The Morgan fingerprint density at radius 2 is 1.95 bits per heavy atom. The van der Waals surface area contributed by atoms with Crippen molar-refractivity contribution in [3.05, 3.63) is 53.5 Å². The first-order valence-electron chi connectivity index (χ1n) is 6.19. The summed E-state index contributed by atoms with van der Waals surface area (Å²) in [6, 6.07) is 10.1. The van der Waals surface area contributed by atoms with Crippen LogP contribution in [-0.4, -0.2) is 19.6 Å². The topological polar surface area (TPSA) is 69.1 Å². The van der Waals surface area contributed by atoms with E-state index in [-0.39, 0.29) is 5.92 Å². The lowest BCUT2D eigenvalue weighted by atomic mass is 9.96. The zero-order valence-corrected chi connectivity index (χ0v) is 10.9. The number of anilines is 1. The van der Waals surface area contributed by atoms with Crippen LogP contribution in [0.3, 0.4) is 0 Å². The van der Waals surface area contributed by atoms with E-state index in [0.29, 0.717) is 5.95 Å². The number of nitrogens with zero attached hydrogens (tertiary/aromatic N) is 4. The Labute approximate surface area is 111 Å². The number of aromatic nitrogens is 4. The molecule has 0 fully saturated rings. The van der Waals surface area contributed by atoms with Crippen LogP contribution in [0.5, 0.6) is 0 Å². The second-order valence-electron chi connectivity index (χ2n) is 4.62. The second kappa shape index (κ2) is 4.35. The highest BCUT2D eigenvalue weighted by atomic mass is 15.3. The van der Waals surface area contributed by atoms with Crippen LogP contribution in [0.2, 0.25) is 0 Å². The maximum absolute atomic E-state index is 5.90. The molecule has 1 aromatic carbocycles. The molecule has 2 heterocycles. The molecule has 0 radical (unpaired) electrons. The number of hydrogen-bond acceptors (Lipinski definition) is 4. The van der Waals surface area contributed by atoms with E-state index in [0.717, 1.165) is 11.5 Å². The summed E-state index contributed by atoms with van der Waals surface area (Å²) >= 11 is 0. The molecule has 0 aliphatic rings. The molecular formula is C14H15N5. The van der Waals surface area contributed by atoms with Gasteiger partial charge in [0.1, 0.15) is 5.82 Å². The Balaban J connectivity index is 2.11. The SMILES string of the molecule is Cc1ccccc1[C@H](C)c1nc(N)n2nccc2n1. The fourth-order valence-electron chi connectivity index (χ4n) is 2.27. The lowest BCUT2D eigenvalue weighted by Crippen LogP contribution is -2.10. The lowest BCUT2D eigenvalue weighted by Gasteiger charge is -2.14. The minimum absolute atomic E-state index is 0.100. The van der Waals surface area contributed by atoms with Gasteiger partial charge in [0.2, 0.25) is 5.95 Å². The molecule has 1 atom stereocenters. The smallest absolute Gasteiger partial charge is 0.224 e. The van der Waals surface area contributed by atoms with E-state index in [2.05, 4.69) is 41.0 Å². The predicted octanol–water partition coefficient (Wildman–Crippen LogP) is 2.17. The summed E-state index contributed by atoms with van der Waals surface area (Å²) in [7, 11) is 0. The van der Waals surface area contributed by atoms with Gasteiger partial charge in [0.15, 0.2) is 5.65 Å². The zero-order valence-electron chi connectivity index (χ0n) is 10.9. The highest BCUT2D eigenvalue weighted by Crippen LogP contribution is 2.24. The number of rotatable bonds is 2. The van der Waals surface area contributed by atoms with Crippen LogP contribution in [0.4, 0.5) is 5.95 Å². The third-order valence-corrected chi connectivity index (χ3v) is 3.34. The monoisotopic (exact) mass is 253 g/mol. The van der Waals surface area contributed by atoms with Gasteiger partial charge in [-0.25, -0.2) is 4.98 Å². The van der Waals surface area contributed by atoms with Crippen LogP contribution < -0.4 is 5.73 Å². The summed E-state index contributed by atoms with van der Waals surface area (Å²) in [5.41, 5.74) is 9.07. The first kappa shape index (κ1) is 11.6. The first-order valence-corrected chi connectivity index (χ1v) is 6.19. The van der Waals surface area contributed by atoms with Crippen LogP contribution in [0.25, 0.3) is 5.65 Å². The third-order valence-electron chi connectivity index (χ3n) is 3.34. The molecule has 5 heteroatoms. The molecule has 0 spiro atoms. The molecule has 96 valence electrons.